The van der Waals surface area contributed by atoms with Crippen LogP contribution in [0.15, 0.2) is 66.7 Å². The molecule has 0 aliphatic heterocycles. The topological polar surface area (TPSA) is 0 Å². The van der Waals surface area contributed by atoms with Crippen LogP contribution in [0.25, 0.3) is 11.1 Å². The molecule has 0 radical (unpaired) electrons. The van der Waals surface area contributed by atoms with E-state index in [-0.39, 0.29) is 35.6 Å². The van der Waals surface area contributed by atoms with E-state index in [4.69, 9.17) is 0 Å². The van der Waals surface area contributed by atoms with Crippen molar-refractivity contribution in [3.05, 3.63) is 123 Å². The summed E-state index contributed by atoms with van der Waals surface area (Å²) in [6.45, 7) is 20.0. The van der Waals surface area contributed by atoms with Crippen molar-refractivity contribution >= 4 is 3.71 Å². The molecular formula is C37H41Cl2F3Zr-2. The van der Waals surface area contributed by atoms with E-state index in [1.165, 1.54) is 86.4 Å². The summed E-state index contributed by atoms with van der Waals surface area (Å²) in [6.07, 6.45) is -3.20. The Morgan fingerprint density at radius 3 is 1.72 bits per heavy atom. The summed E-state index contributed by atoms with van der Waals surface area (Å²) < 4.78 is 37.9. The first kappa shape index (κ1) is 39.2. The molecule has 1 aliphatic rings. The minimum atomic E-state index is -4.22. The molecule has 0 unspecified atom stereocenters. The number of alkyl halides is 3. The first-order chi connectivity index (χ1) is 18.9. The summed E-state index contributed by atoms with van der Waals surface area (Å²) >= 11 is 1.18. The molecule has 0 amide bonds. The second-order valence-electron chi connectivity index (χ2n) is 13.0. The number of benzene rings is 3. The van der Waals surface area contributed by atoms with Gasteiger partial charge < -0.3 is 24.8 Å². The van der Waals surface area contributed by atoms with Gasteiger partial charge in [-0.3, -0.25) is 0 Å². The third kappa shape index (κ3) is 10.6. The molecule has 0 fully saturated rings. The fraction of sp³-hybridized carbons (Fsp3) is 0.351. The van der Waals surface area contributed by atoms with Gasteiger partial charge in [0.05, 0.1) is 0 Å². The Bertz CT molecular complexity index is 1420. The smallest absolute Gasteiger partial charge is 1.00 e. The van der Waals surface area contributed by atoms with E-state index >= 15 is 0 Å². The van der Waals surface area contributed by atoms with Gasteiger partial charge >= 0.3 is 82.7 Å². The summed E-state index contributed by atoms with van der Waals surface area (Å²) in [5.74, 6) is 0. The van der Waals surface area contributed by atoms with Crippen LogP contribution in [0, 0.1) is 26.8 Å². The van der Waals surface area contributed by atoms with Crippen LogP contribution in [0.5, 0.6) is 0 Å². The molecule has 0 heterocycles. The van der Waals surface area contributed by atoms with Crippen LogP contribution in [0.4, 0.5) is 13.2 Å². The predicted molar refractivity (Wildman–Crippen MR) is 164 cm³/mol. The van der Waals surface area contributed by atoms with E-state index in [9.17, 15) is 13.2 Å². The van der Waals surface area contributed by atoms with Crippen LogP contribution in [0.2, 0.25) is 0 Å². The van der Waals surface area contributed by atoms with Gasteiger partial charge in [-0.2, -0.15) is 46.5 Å². The molecule has 230 valence electrons. The van der Waals surface area contributed by atoms with Gasteiger partial charge in [0.15, 0.2) is 0 Å². The zero-order valence-electron chi connectivity index (χ0n) is 26.5. The van der Waals surface area contributed by atoms with Gasteiger partial charge in [-0.15, -0.1) is 11.1 Å². The summed E-state index contributed by atoms with van der Waals surface area (Å²) in [7, 11) is 0. The Morgan fingerprint density at radius 2 is 1.30 bits per heavy atom. The molecule has 0 atom stereocenters. The average Bonchev–Trinajstić information content (AvgIpc) is 3.39. The first-order valence-corrected chi connectivity index (χ1v) is 15.4. The zero-order valence-corrected chi connectivity index (χ0v) is 30.5. The summed E-state index contributed by atoms with van der Waals surface area (Å²) in [4.78, 5) is 0. The van der Waals surface area contributed by atoms with Gasteiger partial charge in [-0.1, -0.05) is 86.1 Å². The first-order valence-electron chi connectivity index (χ1n) is 14.0. The number of rotatable bonds is 1. The Hall–Kier alpha value is -1.87. The van der Waals surface area contributed by atoms with Gasteiger partial charge in [-0.05, 0) is 28.4 Å². The Balaban J connectivity index is 0.000000357. The number of fused-ring (bicyclic) bond motifs is 3. The minimum Gasteiger partial charge on any atom is -1.00 e. The minimum absolute atomic E-state index is 0. The molecule has 5 rings (SSSR count). The predicted octanol–water partition coefficient (Wildman–Crippen LogP) is 4.39. The van der Waals surface area contributed by atoms with Crippen molar-refractivity contribution in [2.75, 3.05) is 0 Å². The average molecular weight is 705 g/mol. The van der Waals surface area contributed by atoms with Gasteiger partial charge in [0, 0.05) is 0 Å². The molecular weight excluding hydrogens is 664 g/mol. The second kappa shape index (κ2) is 15.4. The number of hydrogen-bond donors (Lipinski definition) is 0. The van der Waals surface area contributed by atoms with E-state index in [0.29, 0.717) is 0 Å². The summed E-state index contributed by atoms with van der Waals surface area (Å²) in [6, 6.07) is 24.7. The maximum Gasteiger partial charge on any atom is -1.00 e. The van der Waals surface area contributed by atoms with E-state index in [2.05, 4.69) is 111 Å². The molecule has 43 heavy (non-hydrogen) atoms. The van der Waals surface area contributed by atoms with Crippen LogP contribution in [-0.4, -0.2) is 3.71 Å². The quantitative estimate of drug-likeness (QED) is 0.227. The Morgan fingerprint density at radius 1 is 0.744 bits per heavy atom. The van der Waals surface area contributed by atoms with E-state index in [0.717, 1.165) is 24.1 Å². The van der Waals surface area contributed by atoms with Gasteiger partial charge in [-0.25, -0.2) is 6.07 Å². The molecule has 1 aliphatic carbocycles. The van der Waals surface area contributed by atoms with E-state index in [1.807, 2.05) is 3.71 Å². The standard InChI is InChI=1S/C21H25.C8H5F3.C8H11.2ClH.Zr/c1-20(2,3)16-7-9-18-14(12-16)11-15-13-17(21(4,5)6)8-10-19(15)18;1-6-2-4-7(5-3-6)8(9,10)11;1-6-4-7(2)8(3)5-6;;;/h7-10,12H,11H2,1-6H3;1-5H;4-5H,1-3H3;2*1H;/q-1;;-1;;;+2/p-2. The number of aryl methyl sites for hydroxylation is 3. The third-order valence-electron chi connectivity index (χ3n) is 7.38. The number of hydrogen-bond acceptors (Lipinski definition) is 0. The van der Waals surface area contributed by atoms with Crippen molar-refractivity contribution in [3.8, 4) is 11.1 Å². The summed E-state index contributed by atoms with van der Waals surface area (Å²) in [5.41, 5.74) is 13.1. The van der Waals surface area contributed by atoms with E-state index in [1.54, 1.807) is 0 Å². The van der Waals surface area contributed by atoms with Crippen molar-refractivity contribution in [1.82, 2.24) is 0 Å². The molecule has 0 saturated heterocycles. The van der Waals surface area contributed by atoms with Crippen LogP contribution >= 0.6 is 0 Å². The molecule has 0 spiro atoms. The maximum atomic E-state index is 12.0. The Labute approximate surface area is 284 Å². The van der Waals surface area contributed by atoms with Crippen LogP contribution < -0.4 is 24.8 Å². The van der Waals surface area contributed by atoms with Crippen molar-refractivity contribution in [2.45, 2.75) is 85.7 Å². The SMILES string of the molecule is CC(C)(C)c1[c-]c2c(cc1)-c1ccc(C(C)(C)C)cc1C2.Cc1cc(C)c(C)[cH-]1.FC(F)(F)c1ccc([CH]=[Zr+2])cc1.[Cl-].[Cl-]. The molecule has 0 bridgehead atoms. The van der Waals surface area contributed by atoms with Crippen molar-refractivity contribution < 1.29 is 62.2 Å². The number of halogens is 5. The molecule has 0 saturated carbocycles. The fourth-order valence-corrected chi connectivity index (χ4v) is 5.22. The van der Waals surface area contributed by atoms with Gasteiger partial charge in [0.25, 0.3) is 0 Å². The van der Waals surface area contributed by atoms with E-state index < -0.39 is 11.7 Å². The van der Waals surface area contributed by atoms with Gasteiger partial charge in [0.2, 0.25) is 0 Å². The molecule has 0 nitrogen and oxygen atoms in total. The van der Waals surface area contributed by atoms with Crippen LogP contribution in [0.3, 0.4) is 0 Å². The monoisotopic (exact) mass is 702 g/mol. The molecule has 4 aromatic carbocycles. The Kier molecular flexibility index (Phi) is 14.0. The normalized spacial score (nSPS) is 11.9. The summed E-state index contributed by atoms with van der Waals surface area (Å²) in [5, 5.41) is 0. The van der Waals surface area contributed by atoms with Crippen molar-refractivity contribution in [2.24, 2.45) is 0 Å². The molecule has 4 aromatic rings. The second-order valence-corrected chi connectivity index (χ2v) is 13.7. The van der Waals surface area contributed by atoms with Crippen molar-refractivity contribution in [3.63, 3.8) is 0 Å². The molecule has 6 heteroatoms. The maximum absolute atomic E-state index is 12.0. The van der Waals surface area contributed by atoms with Gasteiger partial charge in [0.1, 0.15) is 0 Å². The largest absolute Gasteiger partial charge is 1.00 e. The van der Waals surface area contributed by atoms with Crippen LogP contribution in [0.1, 0.15) is 91.6 Å². The zero-order chi connectivity index (χ0) is 30.8. The molecule has 0 N–H and O–H groups in total. The van der Waals surface area contributed by atoms with Crippen molar-refractivity contribution in [1.29, 1.82) is 0 Å². The third-order valence-corrected chi connectivity index (χ3v) is 8.20. The van der Waals surface area contributed by atoms with Crippen LogP contribution in [-0.2, 0) is 47.7 Å². The molecule has 0 aromatic heterocycles. The fourth-order valence-electron chi connectivity index (χ4n) is 4.75.